The highest BCUT2D eigenvalue weighted by atomic mass is 32.2. The molecule has 2 heterocycles. The van der Waals surface area contributed by atoms with E-state index < -0.39 is 0 Å². The molecule has 136 valence electrons. The molecule has 2 aromatic heterocycles. The Kier molecular flexibility index (Phi) is 4.43. The van der Waals surface area contributed by atoms with Crippen LogP contribution in [0.5, 0.6) is 0 Å². The lowest BCUT2D eigenvalue weighted by molar-refractivity contribution is 0.607. The van der Waals surface area contributed by atoms with E-state index in [-0.39, 0.29) is 11.4 Å². The normalized spacial score (nSPS) is 14.3. The molecule has 0 aliphatic heterocycles. The van der Waals surface area contributed by atoms with Crippen LogP contribution >= 0.6 is 11.8 Å². The Morgan fingerprint density at radius 1 is 1.23 bits per heavy atom. The van der Waals surface area contributed by atoms with Crippen LogP contribution in [-0.4, -0.2) is 15.4 Å². The van der Waals surface area contributed by atoms with Crippen LogP contribution in [0.1, 0.15) is 24.8 Å². The van der Waals surface area contributed by atoms with Crippen molar-refractivity contribution in [2.75, 3.05) is 6.26 Å². The van der Waals surface area contributed by atoms with E-state index in [0.717, 1.165) is 51.5 Å². The highest BCUT2D eigenvalue weighted by Gasteiger charge is 2.22. The van der Waals surface area contributed by atoms with Crippen molar-refractivity contribution in [2.45, 2.75) is 37.6 Å². The van der Waals surface area contributed by atoms with Crippen LogP contribution in [0.2, 0.25) is 0 Å². The lowest BCUT2D eigenvalue weighted by Gasteiger charge is -2.12. The van der Waals surface area contributed by atoms with Gasteiger partial charge in [0.05, 0.1) is 11.2 Å². The molecule has 0 unspecified atom stereocenters. The number of aryl methyl sites for hydroxylation is 3. The van der Waals surface area contributed by atoms with Crippen molar-refractivity contribution in [1.29, 1.82) is 0 Å². The van der Waals surface area contributed by atoms with Crippen molar-refractivity contribution >= 4 is 22.7 Å². The van der Waals surface area contributed by atoms with E-state index in [0.29, 0.717) is 0 Å². The molecule has 1 aliphatic rings. The number of benzene rings is 1. The van der Waals surface area contributed by atoms with Crippen molar-refractivity contribution in [3.05, 3.63) is 52.2 Å². The summed E-state index contributed by atoms with van der Waals surface area (Å²) in [6.45, 7) is 2.72. The number of aromatic nitrogens is 2. The SMILES string of the molecule is CSc1cc(F)cc2c1cc(-c1cc(C)c(=O)n(C)c1)n2CCC1CC1. The van der Waals surface area contributed by atoms with Crippen LogP contribution in [-0.2, 0) is 13.6 Å². The van der Waals surface area contributed by atoms with Crippen molar-refractivity contribution in [1.82, 2.24) is 9.13 Å². The molecular weight excluding hydrogens is 347 g/mol. The molecule has 0 amide bonds. The molecule has 26 heavy (non-hydrogen) atoms. The van der Waals surface area contributed by atoms with Gasteiger partial charge in [0.2, 0.25) is 0 Å². The third kappa shape index (κ3) is 3.09. The zero-order valence-corrected chi connectivity index (χ0v) is 16.2. The van der Waals surface area contributed by atoms with E-state index >= 15 is 0 Å². The van der Waals surface area contributed by atoms with E-state index in [1.165, 1.54) is 12.8 Å². The van der Waals surface area contributed by atoms with Gasteiger partial charge < -0.3 is 9.13 Å². The summed E-state index contributed by atoms with van der Waals surface area (Å²) < 4.78 is 18.1. The number of halogens is 1. The van der Waals surface area contributed by atoms with E-state index in [1.807, 2.05) is 25.4 Å². The van der Waals surface area contributed by atoms with Crippen molar-refractivity contribution in [2.24, 2.45) is 13.0 Å². The predicted molar refractivity (Wildman–Crippen MR) is 106 cm³/mol. The zero-order valence-electron chi connectivity index (χ0n) is 15.4. The van der Waals surface area contributed by atoms with Gasteiger partial charge in [-0.2, -0.15) is 0 Å². The first-order chi connectivity index (χ1) is 12.5. The molecule has 5 heteroatoms. The summed E-state index contributed by atoms with van der Waals surface area (Å²) in [5.74, 6) is 0.603. The smallest absolute Gasteiger partial charge is 0.253 e. The van der Waals surface area contributed by atoms with Crippen molar-refractivity contribution in [3.8, 4) is 11.3 Å². The molecule has 0 radical (unpaired) electrons. The Labute approximate surface area is 156 Å². The second-order valence-corrected chi connectivity index (χ2v) is 8.13. The molecule has 0 bridgehead atoms. The summed E-state index contributed by atoms with van der Waals surface area (Å²) in [4.78, 5) is 13.0. The fourth-order valence-corrected chi connectivity index (χ4v) is 4.29. The van der Waals surface area contributed by atoms with Gasteiger partial charge in [0.15, 0.2) is 0 Å². The molecule has 0 saturated heterocycles. The quantitative estimate of drug-likeness (QED) is 0.593. The fraction of sp³-hybridized carbons (Fsp3) is 0.381. The predicted octanol–water partition coefficient (Wildman–Crippen LogP) is 4.98. The van der Waals surface area contributed by atoms with Crippen LogP contribution < -0.4 is 5.56 Å². The number of fused-ring (bicyclic) bond motifs is 1. The Morgan fingerprint density at radius 3 is 2.65 bits per heavy atom. The number of hydrogen-bond donors (Lipinski definition) is 0. The van der Waals surface area contributed by atoms with E-state index in [1.54, 1.807) is 35.5 Å². The summed E-state index contributed by atoms with van der Waals surface area (Å²) in [7, 11) is 1.78. The molecular formula is C21H23FN2OS. The molecule has 4 rings (SSSR count). The number of pyridine rings is 1. The van der Waals surface area contributed by atoms with Gasteiger partial charge in [-0.25, -0.2) is 4.39 Å². The average molecular weight is 370 g/mol. The van der Waals surface area contributed by atoms with Gasteiger partial charge in [-0.3, -0.25) is 4.79 Å². The van der Waals surface area contributed by atoms with Gasteiger partial charge >= 0.3 is 0 Å². The molecule has 0 N–H and O–H groups in total. The third-order valence-electron chi connectivity index (χ3n) is 5.28. The summed E-state index contributed by atoms with van der Waals surface area (Å²) in [6.07, 6.45) is 7.58. The molecule has 0 atom stereocenters. The number of rotatable bonds is 5. The van der Waals surface area contributed by atoms with Gasteiger partial charge in [-0.15, -0.1) is 11.8 Å². The molecule has 3 nitrogen and oxygen atoms in total. The highest BCUT2D eigenvalue weighted by molar-refractivity contribution is 7.98. The third-order valence-corrected chi connectivity index (χ3v) is 6.06. The summed E-state index contributed by atoms with van der Waals surface area (Å²) in [6, 6.07) is 7.33. The molecule has 1 fully saturated rings. The standard InChI is InChI=1S/C21H23FN2OS/c1-13-8-15(12-23(2)21(13)25)18-11-17-19(9-16(22)10-20(17)26-3)24(18)7-6-14-4-5-14/h8-12,14H,4-7H2,1-3H3. The number of hydrogen-bond acceptors (Lipinski definition) is 2. The Morgan fingerprint density at radius 2 is 2.00 bits per heavy atom. The average Bonchev–Trinajstić information content (AvgIpc) is 3.37. The van der Waals surface area contributed by atoms with E-state index in [9.17, 15) is 9.18 Å². The van der Waals surface area contributed by atoms with Crippen LogP contribution in [0.25, 0.3) is 22.2 Å². The summed E-state index contributed by atoms with van der Waals surface area (Å²) >= 11 is 1.57. The highest BCUT2D eigenvalue weighted by Crippen LogP contribution is 2.37. The first-order valence-electron chi connectivity index (χ1n) is 9.02. The van der Waals surface area contributed by atoms with Gasteiger partial charge in [-0.1, -0.05) is 12.8 Å². The maximum Gasteiger partial charge on any atom is 0.253 e. The Hall–Kier alpha value is -2.01. The van der Waals surface area contributed by atoms with Gasteiger partial charge in [0, 0.05) is 41.2 Å². The van der Waals surface area contributed by atoms with Crippen molar-refractivity contribution < 1.29 is 4.39 Å². The molecule has 1 aromatic carbocycles. The molecule has 1 aliphatic carbocycles. The number of nitrogens with zero attached hydrogens (tertiary/aromatic N) is 2. The van der Waals surface area contributed by atoms with Gasteiger partial charge in [-0.05, 0) is 49.8 Å². The van der Waals surface area contributed by atoms with Crippen LogP contribution in [0.3, 0.4) is 0 Å². The summed E-state index contributed by atoms with van der Waals surface area (Å²) in [5, 5.41) is 1.08. The molecule has 3 aromatic rings. The van der Waals surface area contributed by atoms with E-state index in [2.05, 4.69) is 10.6 Å². The minimum Gasteiger partial charge on any atom is -0.340 e. The molecule has 0 spiro atoms. The Balaban J connectivity index is 1.94. The van der Waals surface area contributed by atoms with E-state index in [4.69, 9.17) is 0 Å². The zero-order chi connectivity index (χ0) is 18.4. The number of thioether (sulfide) groups is 1. The fourth-order valence-electron chi connectivity index (χ4n) is 3.68. The topological polar surface area (TPSA) is 26.9 Å². The van der Waals surface area contributed by atoms with Crippen molar-refractivity contribution in [3.63, 3.8) is 0 Å². The second kappa shape index (κ2) is 6.62. The minimum absolute atomic E-state index is 0.0187. The second-order valence-electron chi connectivity index (χ2n) is 7.28. The Bertz CT molecular complexity index is 1020. The lowest BCUT2D eigenvalue weighted by Crippen LogP contribution is -2.18. The first-order valence-corrected chi connectivity index (χ1v) is 10.2. The lowest BCUT2D eigenvalue weighted by atomic mass is 10.1. The first kappa shape index (κ1) is 17.4. The molecule has 1 saturated carbocycles. The largest absolute Gasteiger partial charge is 0.340 e. The maximum atomic E-state index is 14.2. The summed E-state index contributed by atoms with van der Waals surface area (Å²) in [5.41, 5.74) is 3.74. The minimum atomic E-state index is -0.198. The van der Waals surface area contributed by atoms with Crippen LogP contribution in [0, 0.1) is 18.7 Å². The van der Waals surface area contributed by atoms with Crippen LogP contribution in [0.4, 0.5) is 4.39 Å². The van der Waals surface area contributed by atoms with Gasteiger partial charge in [0.1, 0.15) is 5.82 Å². The maximum absolute atomic E-state index is 14.2. The van der Waals surface area contributed by atoms with Crippen LogP contribution in [0.15, 0.2) is 40.2 Å². The monoisotopic (exact) mass is 370 g/mol. The van der Waals surface area contributed by atoms with Gasteiger partial charge in [0.25, 0.3) is 5.56 Å².